The Bertz CT molecular complexity index is 1560. The molecule has 5 rings (SSSR count). The molecule has 39 heavy (non-hydrogen) atoms. The van der Waals surface area contributed by atoms with E-state index in [1.54, 1.807) is 27.7 Å². The number of benzene rings is 3. The number of hydrogen-bond donors (Lipinski definition) is 1. The number of rotatable bonds is 4. The van der Waals surface area contributed by atoms with Crippen LogP contribution < -0.4 is 16.6 Å². The maximum absolute atomic E-state index is 13.5. The molecule has 0 spiro atoms. The Morgan fingerprint density at radius 3 is 2.18 bits per heavy atom. The van der Waals surface area contributed by atoms with Gasteiger partial charge in [-0.2, -0.15) is 5.26 Å². The Kier molecular flexibility index (Phi) is 10.4. The maximum atomic E-state index is 13.5. The summed E-state index contributed by atoms with van der Waals surface area (Å²) in [5.74, 6) is -0.128. The van der Waals surface area contributed by atoms with Crippen LogP contribution in [-0.2, 0) is 6.54 Å². The SMILES string of the molecule is CCl.N.N#Cc1c(N2CCN(C(=O)c3ccc(Cl)c(Cl)c3)CC2)c2ccccc2n(Cc2ccccc2)c1=O. The third kappa shape index (κ3) is 6.21. The first-order valence-electron chi connectivity index (χ1n) is 11.9. The number of hydrogen-bond acceptors (Lipinski definition) is 5. The van der Waals surface area contributed by atoms with Gasteiger partial charge in [0.05, 0.1) is 27.8 Å². The monoisotopic (exact) mass is 583 g/mol. The highest BCUT2D eigenvalue weighted by molar-refractivity contribution is 6.42. The predicted octanol–water partition coefficient (Wildman–Crippen LogP) is 6.21. The first kappa shape index (κ1) is 30.0. The summed E-state index contributed by atoms with van der Waals surface area (Å²) in [6, 6.07) is 24.4. The quantitative estimate of drug-likeness (QED) is 0.287. The normalized spacial score (nSPS) is 12.7. The number of halogens is 3. The van der Waals surface area contributed by atoms with Crippen LogP contribution in [0.4, 0.5) is 5.69 Å². The molecule has 1 fully saturated rings. The van der Waals surface area contributed by atoms with E-state index in [0.717, 1.165) is 16.5 Å². The largest absolute Gasteiger partial charge is 0.366 e. The zero-order valence-corrected chi connectivity index (χ0v) is 23.7. The Morgan fingerprint density at radius 2 is 1.54 bits per heavy atom. The molecule has 0 atom stereocenters. The number of amides is 1. The molecule has 4 aromatic rings. The minimum atomic E-state index is -0.315. The van der Waals surface area contributed by atoms with Crippen LogP contribution in [0.25, 0.3) is 10.9 Å². The summed E-state index contributed by atoms with van der Waals surface area (Å²) in [6.45, 7) is 2.26. The van der Waals surface area contributed by atoms with Crippen molar-refractivity contribution in [3.05, 3.63) is 110 Å². The van der Waals surface area contributed by atoms with E-state index in [1.165, 1.54) is 6.38 Å². The second kappa shape index (κ2) is 13.5. The lowest BCUT2D eigenvalue weighted by atomic mass is 10.1. The molecular weight excluding hydrogens is 557 g/mol. The lowest BCUT2D eigenvalue weighted by molar-refractivity contribution is 0.0747. The molecule has 1 amide bonds. The number of para-hydroxylation sites is 1. The van der Waals surface area contributed by atoms with Crippen LogP contribution in [0.1, 0.15) is 21.5 Å². The molecule has 0 unspecified atom stereocenters. The van der Waals surface area contributed by atoms with Crippen molar-refractivity contribution in [2.75, 3.05) is 37.5 Å². The fourth-order valence-electron chi connectivity index (χ4n) is 4.69. The van der Waals surface area contributed by atoms with Crippen molar-refractivity contribution in [3.8, 4) is 6.07 Å². The Balaban J connectivity index is 0.00000137. The van der Waals surface area contributed by atoms with Crippen LogP contribution in [0, 0.1) is 11.3 Å². The van der Waals surface area contributed by atoms with E-state index in [0.29, 0.717) is 54.0 Å². The van der Waals surface area contributed by atoms with Gasteiger partial charge in [0.25, 0.3) is 11.5 Å². The van der Waals surface area contributed by atoms with Crippen LogP contribution in [0.5, 0.6) is 0 Å². The van der Waals surface area contributed by atoms with Gasteiger partial charge in [-0.25, -0.2) is 0 Å². The molecule has 202 valence electrons. The first-order valence-corrected chi connectivity index (χ1v) is 13.5. The van der Waals surface area contributed by atoms with Gasteiger partial charge < -0.3 is 20.5 Å². The highest BCUT2D eigenvalue weighted by Crippen LogP contribution is 2.30. The maximum Gasteiger partial charge on any atom is 0.271 e. The van der Waals surface area contributed by atoms with Crippen molar-refractivity contribution in [2.45, 2.75) is 6.54 Å². The second-order valence-electron chi connectivity index (χ2n) is 8.64. The van der Waals surface area contributed by atoms with Crippen molar-refractivity contribution in [1.82, 2.24) is 15.6 Å². The summed E-state index contributed by atoms with van der Waals surface area (Å²) >= 11 is 16.7. The number of nitrogens with zero attached hydrogens (tertiary/aromatic N) is 4. The fourth-order valence-corrected chi connectivity index (χ4v) is 4.98. The van der Waals surface area contributed by atoms with E-state index < -0.39 is 0 Å². The summed E-state index contributed by atoms with van der Waals surface area (Å²) < 4.78 is 1.66. The van der Waals surface area contributed by atoms with Gasteiger partial charge in [0.1, 0.15) is 11.6 Å². The molecule has 7 nitrogen and oxygen atoms in total. The molecule has 10 heteroatoms. The number of carbonyl (C=O) groups excluding carboxylic acids is 1. The summed E-state index contributed by atoms with van der Waals surface area (Å²) in [5.41, 5.74) is 2.66. The molecule has 0 bridgehead atoms. The number of anilines is 1. The van der Waals surface area contributed by atoms with Crippen LogP contribution >= 0.6 is 34.8 Å². The molecule has 1 aromatic heterocycles. The Labute approximate surface area is 242 Å². The van der Waals surface area contributed by atoms with Gasteiger partial charge in [-0.1, -0.05) is 71.7 Å². The van der Waals surface area contributed by atoms with Crippen molar-refractivity contribution >= 4 is 57.3 Å². The molecule has 0 saturated carbocycles. The van der Waals surface area contributed by atoms with Gasteiger partial charge in [0.15, 0.2) is 0 Å². The van der Waals surface area contributed by atoms with Gasteiger partial charge in [0, 0.05) is 43.5 Å². The van der Waals surface area contributed by atoms with Crippen LogP contribution in [0.3, 0.4) is 0 Å². The van der Waals surface area contributed by atoms with Gasteiger partial charge >= 0.3 is 0 Å². The lowest BCUT2D eigenvalue weighted by Gasteiger charge is -2.37. The molecule has 3 aromatic carbocycles. The van der Waals surface area contributed by atoms with Crippen LogP contribution in [0.2, 0.25) is 10.0 Å². The number of pyridine rings is 1. The van der Waals surface area contributed by atoms with Gasteiger partial charge in [-0.3, -0.25) is 9.59 Å². The summed E-state index contributed by atoms with van der Waals surface area (Å²) in [6.07, 6.45) is 1.47. The Hall–Kier alpha value is -3.54. The van der Waals surface area contributed by atoms with E-state index in [9.17, 15) is 14.9 Å². The van der Waals surface area contributed by atoms with Gasteiger partial charge in [-0.05, 0) is 29.8 Å². The molecule has 3 N–H and O–H groups in total. The first-order chi connectivity index (χ1) is 18.5. The van der Waals surface area contributed by atoms with E-state index >= 15 is 0 Å². The molecular formula is C29H28Cl3N5O2. The highest BCUT2D eigenvalue weighted by Gasteiger charge is 2.27. The Morgan fingerprint density at radius 1 is 0.897 bits per heavy atom. The molecule has 1 saturated heterocycles. The third-order valence-corrected chi connectivity index (χ3v) is 7.23. The van der Waals surface area contributed by atoms with Gasteiger partial charge in [-0.15, -0.1) is 11.6 Å². The molecule has 1 aliphatic rings. The predicted molar refractivity (Wildman–Crippen MR) is 160 cm³/mol. The third-order valence-electron chi connectivity index (χ3n) is 6.49. The number of piperazine rings is 1. The number of aromatic nitrogens is 1. The van der Waals surface area contributed by atoms with E-state index in [2.05, 4.69) is 17.7 Å². The minimum Gasteiger partial charge on any atom is -0.366 e. The summed E-state index contributed by atoms with van der Waals surface area (Å²) in [5, 5.41) is 11.6. The summed E-state index contributed by atoms with van der Waals surface area (Å²) in [4.78, 5) is 30.3. The number of carbonyl (C=O) groups is 1. The smallest absolute Gasteiger partial charge is 0.271 e. The molecule has 2 heterocycles. The summed E-state index contributed by atoms with van der Waals surface area (Å²) in [7, 11) is 0. The molecule has 1 aliphatic heterocycles. The average Bonchev–Trinajstić information content (AvgIpc) is 2.97. The number of fused-ring (bicyclic) bond motifs is 1. The second-order valence-corrected chi connectivity index (χ2v) is 9.45. The van der Waals surface area contributed by atoms with Crippen molar-refractivity contribution < 1.29 is 4.79 Å². The van der Waals surface area contributed by atoms with Crippen LogP contribution in [-0.4, -0.2) is 47.9 Å². The van der Waals surface area contributed by atoms with Gasteiger partial charge in [0.2, 0.25) is 0 Å². The van der Waals surface area contributed by atoms with E-state index in [4.69, 9.17) is 23.2 Å². The van der Waals surface area contributed by atoms with E-state index in [-0.39, 0.29) is 23.2 Å². The molecule has 0 radical (unpaired) electrons. The minimum absolute atomic E-state index is 0. The van der Waals surface area contributed by atoms with E-state index in [1.807, 2.05) is 59.5 Å². The highest BCUT2D eigenvalue weighted by atomic mass is 35.5. The van der Waals surface area contributed by atoms with Crippen molar-refractivity contribution in [2.24, 2.45) is 0 Å². The lowest BCUT2D eigenvalue weighted by Crippen LogP contribution is -2.49. The van der Waals surface area contributed by atoms with Crippen molar-refractivity contribution in [1.29, 1.82) is 5.26 Å². The van der Waals surface area contributed by atoms with Crippen LogP contribution in [0.15, 0.2) is 77.6 Å². The molecule has 0 aliphatic carbocycles. The van der Waals surface area contributed by atoms with Crippen molar-refractivity contribution in [3.63, 3.8) is 0 Å². The standard InChI is InChI=1S/C28H22Cl2N4O2.CH3Cl.H3N/c29-23-11-10-20(16-24(23)30)27(35)33-14-12-32(13-15-33)26-21-8-4-5-9-25(21)34(28(36)22(26)17-31)18-19-6-2-1-3-7-19;1-2;/h1-11,16H,12-15,18H2;1H3;1H3. The number of nitriles is 1. The zero-order chi connectivity index (χ0) is 27.2. The number of alkyl halides is 1. The average molecular weight is 585 g/mol. The zero-order valence-electron chi connectivity index (χ0n) is 21.4. The topological polar surface area (TPSA) is 104 Å². The fraction of sp³-hybridized carbons (Fsp3) is 0.207.